The number of hydrogen-bond donors (Lipinski definition) is 1. The van der Waals surface area contributed by atoms with Gasteiger partial charge in [0.15, 0.2) is 5.78 Å². The van der Waals surface area contributed by atoms with E-state index in [0.29, 0.717) is 6.42 Å². The summed E-state index contributed by atoms with van der Waals surface area (Å²) in [6, 6.07) is 5.94. The third-order valence-corrected chi connectivity index (χ3v) is 4.51. The van der Waals surface area contributed by atoms with Crippen LogP contribution >= 0.6 is 0 Å². The Morgan fingerprint density at radius 3 is 2.59 bits per heavy atom. The number of nitrogens with one attached hydrogen (secondary N) is 1. The van der Waals surface area contributed by atoms with E-state index < -0.39 is 0 Å². The first-order valence-electron chi connectivity index (χ1n) is 7.97. The van der Waals surface area contributed by atoms with Crippen LogP contribution in [-0.4, -0.2) is 54.2 Å². The molecule has 5 nitrogen and oxygen atoms in total. The van der Waals surface area contributed by atoms with E-state index in [-0.39, 0.29) is 11.7 Å². The van der Waals surface area contributed by atoms with Crippen LogP contribution in [0, 0.1) is 0 Å². The Kier molecular flexibility index (Phi) is 4.55. The van der Waals surface area contributed by atoms with Gasteiger partial charge >= 0.3 is 0 Å². The lowest BCUT2D eigenvalue weighted by molar-refractivity contribution is -0.132. The molecule has 1 aromatic rings. The van der Waals surface area contributed by atoms with Crippen LogP contribution < -0.4 is 5.32 Å². The second-order valence-electron chi connectivity index (χ2n) is 6.13. The number of ketones is 1. The van der Waals surface area contributed by atoms with E-state index in [2.05, 4.69) is 10.2 Å². The lowest BCUT2D eigenvalue weighted by Gasteiger charge is -2.28. The lowest BCUT2D eigenvalue weighted by Crippen LogP contribution is -2.46. The maximum atomic E-state index is 12.2. The fraction of sp³-hybridized carbons (Fsp3) is 0.529. The molecular formula is C17H23N3O2. The Balaban J connectivity index is 1.53. The summed E-state index contributed by atoms with van der Waals surface area (Å²) in [4.78, 5) is 27.9. The minimum atomic E-state index is 0.107. The number of carbonyl (C=O) groups excluding carboxylic acids is 2. The van der Waals surface area contributed by atoms with Gasteiger partial charge in [-0.2, -0.15) is 0 Å². The number of benzene rings is 1. The SMILES string of the molecule is CC(=O)c1ccc2c(c1)CN(CCC(=O)N1CCNCC1)C2. The van der Waals surface area contributed by atoms with Gasteiger partial charge in [0.25, 0.3) is 0 Å². The van der Waals surface area contributed by atoms with Gasteiger partial charge in [0.05, 0.1) is 0 Å². The Bertz CT molecular complexity index is 579. The van der Waals surface area contributed by atoms with Crippen molar-refractivity contribution in [3.63, 3.8) is 0 Å². The molecule has 5 heteroatoms. The molecular weight excluding hydrogens is 278 g/mol. The molecule has 3 rings (SSSR count). The summed E-state index contributed by atoms with van der Waals surface area (Å²) >= 11 is 0. The smallest absolute Gasteiger partial charge is 0.223 e. The lowest BCUT2D eigenvalue weighted by atomic mass is 10.0. The van der Waals surface area contributed by atoms with Crippen LogP contribution in [0.4, 0.5) is 0 Å². The van der Waals surface area contributed by atoms with Gasteiger partial charge in [-0.05, 0) is 24.1 Å². The molecule has 0 bridgehead atoms. The number of rotatable bonds is 4. The maximum Gasteiger partial charge on any atom is 0.223 e. The van der Waals surface area contributed by atoms with E-state index >= 15 is 0 Å². The molecule has 2 heterocycles. The number of Topliss-reactive ketones (excluding diaryl/α,β-unsaturated/α-hetero) is 1. The van der Waals surface area contributed by atoms with E-state index in [1.807, 2.05) is 23.1 Å². The summed E-state index contributed by atoms with van der Waals surface area (Å²) in [5.74, 6) is 0.358. The molecule has 0 saturated carbocycles. The second-order valence-corrected chi connectivity index (χ2v) is 6.13. The number of amides is 1. The first-order chi connectivity index (χ1) is 10.6. The summed E-state index contributed by atoms with van der Waals surface area (Å²) in [7, 11) is 0. The number of hydrogen-bond acceptors (Lipinski definition) is 4. The van der Waals surface area contributed by atoms with Gasteiger partial charge in [0, 0.05) is 57.8 Å². The zero-order valence-corrected chi connectivity index (χ0v) is 13.1. The highest BCUT2D eigenvalue weighted by atomic mass is 16.2. The highest BCUT2D eigenvalue weighted by Crippen LogP contribution is 2.24. The summed E-state index contributed by atoms with van der Waals surface area (Å²) in [5.41, 5.74) is 3.28. The summed E-state index contributed by atoms with van der Waals surface area (Å²) in [6.07, 6.45) is 0.577. The van der Waals surface area contributed by atoms with Crippen molar-refractivity contribution in [1.29, 1.82) is 0 Å². The highest BCUT2D eigenvalue weighted by molar-refractivity contribution is 5.94. The molecule has 0 atom stereocenters. The minimum Gasteiger partial charge on any atom is -0.340 e. The van der Waals surface area contributed by atoms with Crippen molar-refractivity contribution >= 4 is 11.7 Å². The number of carbonyl (C=O) groups is 2. The van der Waals surface area contributed by atoms with Crippen molar-refractivity contribution < 1.29 is 9.59 Å². The molecule has 0 radical (unpaired) electrons. The monoisotopic (exact) mass is 301 g/mol. The summed E-state index contributed by atoms with van der Waals surface area (Å²) < 4.78 is 0. The molecule has 1 aromatic carbocycles. The predicted molar refractivity (Wildman–Crippen MR) is 84.6 cm³/mol. The molecule has 0 aromatic heterocycles. The predicted octanol–water partition coefficient (Wildman–Crippen LogP) is 1.03. The Morgan fingerprint density at radius 1 is 1.14 bits per heavy atom. The van der Waals surface area contributed by atoms with E-state index in [1.54, 1.807) is 6.92 Å². The van der Waals surface area contributed by atoms with Crippen LogP contribution in [0.2, 0.25) is 0 Å². The number of fused-ring (bicyclic) bond motifs is 1. The van der Waals surface area contributed by atoms with Gasteiger partial charge in [0.2, 0.25) is 5.91 Å². The molecule has 1 N–H and O–H groups in total. The molecule has 0 spiro atoms. The van der Waals surface area contributed by atoms with Crippen LogP contribution in [0.15, 0.2) is 18.2 Å². The van der Waals surface area contributed by atoms with Gasteiger partial charge in [-0.1, -0.05) is 12.1 Å². The second kappa shape index (κ2) is 6.58. The van der Waals surface area contributed by atoms with E-state index in [1.165, 1.54) is 11.1 Å². The standard InChI is InChI=1S/C17H23N3O2/c1-13(21)14-2-3-15-11-19(12-16(15)10-14)7-4-17(22)20-8-5-18-6-9-20/h2-3,10,18H,4-9,11-12H2,1H3. The molecule has 2 aliphatic heterocycles. The van der Waals surface area contributed by atoms with Crippen LogP contribution in [-0.2, 0) is 17.9 Å². The Labute approximate surface area is 131 Å². The number of piperazine rings is 1. The molecule has 22 heavy (non-hydrogen) atoms. The Morgan fingerprint density at radius 2 is 1.86 bits per heavy atom. The quantitative estimate of drug-likeness (QED) is 0.844. The molecule has 1 amide bonds. The summed E-state index contributed by atoms with van der Waals surface area (Å²) in [6.45, 7) is 7.53. The van der Waals surface area contributed by atoms with Crippen molar-refractivity contribution in [2.75, 3.05) is 32.7 Å². The van der Waals surface area contributed by atoms with Gasteiger partial charge in [-0.15, -0.1) is 0 Å². The van der Waals surface area contributed by atoms with Crippen molar-refractivity contribution in [1.82, 2.24) is 15.1 Å². The van der Waals surface area contributed by atoms with Gasteiger partial charge in [0.1, 0.15) is 0 Å². The molecule has 2 aliphatic rings. The normalized spacial score (nSPS) is 18.3. The molecule has 118 valence electrons. The molecule has 0 unspecified atom stereocenters. The van der Waals surface area contributed by atoms with E-state index in [0.717, 1.165) is 51.4 Å². The van der Waals surface area contributed by atoms with E-state index in [9.17, 15) is 9.59 Å². The maximum absolute atomic E-state index is 12.2. The number of nitrogens with zero attached hydrogens (tertiary/aromatic N) is 2. The third kappa shape index (κ3) is 3.36. The van der Waals surface area contributed by atoms with Crippen molar-refractivity contribution in [2.45, 2.75) is 26.4 Å². The van der Waals surface area contributed by atoms with E-state index in [4.69, 9.17) is 0 Å². The van der Waals surface area contributed by atoms with Gasteiger partial charge in [-0.25, -0.2) is 0 Å². The average Bonchev–Trinajstić information content (AvgIpc) is 2.95. The molecule has 1 fully saturated rings. The van der Waals surface area contributed by atoms with Crippen LogP contribution in [0.3, 0.4) is 0 Å². The van der Waals surface area contributed by atoms with Crippen molar-refractivity contribution in [3.05, 3.63) is 34.9 Å². The zero-order chi connectivity index (χ0) is 15.5. The largest absolute Gasteiger partial charge is 0.340 e. The third-order valence-electron chi connectivity index (χ3n) is 4.51. The molecule has 1 saturated heterocycles. The van der Waals surface area contributed by atoms with Crippen LogP contribution in [0.25, 0.3) is 0 Å². The Hall–Kier alpha value is -1.72. The fourth-order valence-corrected chi connectivity index (χ4v) is 3.17. The summed E-state index contributed by atoms with van der Waals surface area (Å²) in [5, 5.41) is 3.26. The van der Waals surface area contributed by atoms with Crippen molar-refractivity contribution in [2.24, 2.45) is 0 Å². The average molecular weight is 301 g/mol. The first kappa shape index (κ1) is 15.2. The zero-order valence-electron chi connectivity index (χ0n) is 13.1. The first-order valence-corrected chi connectivity index (χ1v) is 7.97. The van der Waals surface area contributed by atoms with Crippen molar-refractivity contribution in [3.8, 4) is 0 Å². The van der Waals surface area contributed by atoms with Crippen LogP contribution in [0.5, 0.6) is 0 Å². The molecule has 0 aliphatic carbocycles. The van der Waals surface area contributed by atoms with Gasteiger partial charge < -0.3 is 10.2 Å². The van der Waals surface area contributed by atoms with Crippen LogP contribution in [0.1, 0.15) is 34.8 Å². The van der Waals surface area contributed by atoms with Gasteiger partial charge in [-0.3, -0.25) is 14.5 Å². The highest BCUT2D eigenvalue weighted by Gasteiger charge is 2.22. The fourth-order valence-electron chi connectivity index (χ4n) is 3.17. The minimum absolute atomic E-state index is 0.107. The topological polar surface area (TPSA) is 52.7 Å².